The number of rotatable bonds is 5. The highest BCUT2D eigenvalue weighted by Crippen LogP contribution is 2.40. The van der Waals surface area contributed by atoms with E-state index in [1.807, 2.05) is 0 Å². The molecule has 2 heterocycles. The summed E-state index contributed by atoms with van der Waals surface area (Å²) in [5.74, 6) is -0.578. The van der Waals surface area contributed by atoms with E-state index < -0.39 is 42.4 Å². The maximum Gasteiger partial charge on any atom is 0.351 e. The average molecular weight is 331 g/mol. The molecule has 0 aliphatic carbocycles. The van der Waals surface area contributed by atoms with E-state index in [0.29, 0.717) is 0 Å². The molecule has 0 bridgehead atoms. The molecule has 9 nitrogen and oxygen atoms in total. The maximum absolute atomic E-state index is 14.6. The second kappa shape index (κ2) is 6.60. The van der Waals surface area contributed by atoms with Crippen LogP contribution in [0.15, 0.2) is 17.1 Å². The van der Waals surface area contributed by atoms with Gasteiger partial charge in [0.15, 0.2) is 17.7 Å². The van der Waals surface area contributed by atoms with Gasteiger partial charge < -0.3 is 19.8 Å². The quantitative estimate of drug-likeness (QED) is 0.617. The van der Waals surface area contributed by atoms with Gasteiger partial charge in [0.2, 0.25) is 0 Å². The highest BCUT2D eigenvalue weighted by Gasteiger charge is 2.55. The smallest absolute Gasteiger partial charge is 0.351 e. The molecule has 1 aromatic rings. The van der Waals surface area contributed by atoms with Crippen molar-refractivity contribution in [2.45, 2.75) is 44.4 Å². The lowest BCUT2D eigenvalue weighted by molar-refractivity contribution is -0.140. The van der Waals surface area contributed by atoms with Gasteiger partial charge in [-0.2, -0.15) is 4.98 Å². The second-order valence-electron chi connectivity index (χ2n) is 5.24. The van der Waals surface area contributed by atoms with Crippen molar-refractivity contribution < 1.29 is 29.0 Å². The summed E-state index contributed by atoms with van der Waals surface area (Å²) in [4.78, 5) is 31.2. The Balaban J connectivity index is 2.21. The summed E-state index contributed by atoms with van der Waals surface area (Å²) in [6.07, 6.45) is -2.85. The summed E-state index contributed by atoms with van der Waals surface area (Å²) >= 11 is 0. The molecule has 1 saturated heterocycles. The zero-order chi connectivity index (χ0) is 17.2. The number of carbonyl (C=O) groups is 1. The minimum atomic E-state index is -2.29. The van der Waals surface area contributed by atoms with E-state index in [1.54, 1.807) is 6.92 Å². The fourth-order valence-corrected chi connectivity index (χ4v) is 2.19. The van der Waals surface area contributed by atoms with E-state index in [1.165, 1.54) is 12.3 Å². The van der Waals surface area contributed by atoms with Crippen molar-refractivity contribution in [3.05, 3.63) is 22.7 Å². The molecule has 2 rings (SSSR count). The second-order valence-corrected chi connectivity index (χ2v) is 5.24. The van der Waals surface area contributed by atoms with Crippen LogP contribution in [0.25, 0.3) is 0 Å². The number of aliphatic hydroxyl groups excluding tert-OH is 2. The van der Waals surface area contributed by atoms with E-state index >= 15 is 0 Å². The molecule has 3 N–H and O–H groups in total. The Morgan fingerprint density at radius 1 is 1.65 bits per heavy atom. The lowest BCUT2D eigenvalue weighted by atomic mass is 9.98. The van der Waals surface area contributed by atoms with Gasteiger partial charge in [0.05, 0.1) is 6.61 Å². The standard InChI is InChI=1S/C13H18FN3O6/c1-3-9(19)23-16-8-4-5-17(12(21)15-8)11-13(2,14)10(20)7(6-18)22-11/h4-5,7,10-11,18,20H,3,6H2,1-2H3,(H,15,16,21)/t7-,10+,11-,13?/m1/s1. The van der Waals surface area contributed by atoms with Gasteiger partial charge in [0.25, 0.3) is 0 Å². The first kappa shape index (κ1) is 17.3. The summed E-state index contributed by atoms with van der Waals surface area (Å²) in [7, 11) is 0. The minimum absolute atomic E-state index is 0.0362. The Morgan fingerprint density at radius 2 is 2.35 bits per heavy atom. The van der Waals surface area contributed by atoms with Gasteiger partial charge in [0, 0.05) is 18.7 Å². The normalized spacial score (nSPS) is 30.2. The topological polar surface area (TPSA) is 123 Å². The van der Waals surface area contributed by atoms with Crippen molar-refractivity contribution >= 4 is 11.8 Å². The van der Waals surface area contributed by atoms with Gasteiger partial charge >= 0.3 is 11.7 Å². The number of nitrogens with one attached hydrogen (secondary N) is 1. The molecule has 1 unspecified atom stereocenters. The van der Waals surface area contributed by atoms with Crippen LogP contribution in [0.1, 0.15) is 26.5 Å². The Labute approximate surface area is 130 Å². The average Bonchev–Trinajstić information content (AvgIpc) is 2.75. The molecule has 0 aromatic carbocycles. The molecule has 0 spiro atoms. The fourth-order valence-electron chi connectivity index (χ4n) is 2.19. The van der Waals surface area contributed by atoms with E-state index in [4.69, 9.17) is 9.84 Å². The first-order valence-electron chi connectivity index (χ1n) is 6.99. The number of aromatic nitrogens is 2. The number of halogens is 1. The first-order valence-corrected chi connectivity index (χ1v) is 6.99. The van der Waals surface area contributed by atoms with Crippen LogP contribution >= 0.6 is 0 Å². The SMILES string of the molecule is CCC(=O)ONc1ccn([C@@H]2O[C@H](CO)[C@H](O)C2(C)F)c(=O)n1. The van der Waals surface area contributed by atoms with Gasteiger partial charge in [-0.05, 0) is 6.92 Å². The van der Waals surface area contributed by atoms with E-state index in [-0.39, 0.29) is 12.2 Å². The van der Waals surface area contributed by atoms with E-state index in [2.05, 4.69) is 15.3 Å². The Hall–Kier alpha value is -2.04. The molecular weight excluding hydrogens is 313 g/mol. The fraction of sp³-hybridized carbons (Fsp3) is 0.615. The van der Waals surface area contributed by atoms with Crippen molar-refractivity contribution in [3.8, 4) is 0 Å². The molecule has 0 radical (unpaired) electrons. The number of carbonyl (C=O) groups excluding carboxylic acids is 1. The highest BCUT2D eigenvalue weighted by molar-refractivity contribution is 5.69. The van der Waals surface area contributed by atoms with Crippen molar-refractivity contribution in [2.24, 2.45) is 0 Å². The van der Waals surface area contributed by atoms with Crippen LogP contribution in [0.3, 0.4) is 0 Å². The van der Waals surface area contributed by atoms with Crippen molar-refractivity contribution in [3.63, 3.8) is 0 Å². The number of anilines is 1. The number of aliphatic hydroxyl groups is 2. The molecule has 1 aliphatic rings. The first-order chi connectivity index (χ1) is 10.8. The third-order valence-corrected chi connectivity index (χ3v) is 3.54. The van der Waals surface area contributed by atoms with Gasteiger partial charge in [-0.3, -0.25) is 4.57 Å². The van der Waals surface area contributed by atoms with Gasteiger partial charge in [-0.1, -0.05) is 6.92 Å². The largest absolute Gasteiger partial charge is 0.394 e. The van der Waals surface area contributed by atoms with Crippen LogP contribution in [0, 0.1) is 0 Å². The molecule has 0 saturated carbocycles. The molecule has 1 aromatic heterocycles. The predicted octanol–water partition coefficient (Wildman–Crippen LogP) is -0.498. The number of nitrogens with zero attached hydrogens (tertiary/aromatic N) is 2. The molecular formula is C13H18FN3O6. The Bertz CT molecular complexity index is 634. The van der Waals surface area contributed by atoms with Crippen LogP contribution in [-0.2, 0) is 14.4 Å². The lowest BCUT2D eigenvalue weighted by Gasteiger charge is -2.24. The van der Waals surface area contributed by atoms with Crippen LogP contribution < -0.4 is 11.2 Å². The number of ether oxygens (including phenoxy) is 1. The summed E-state index contributed by atoms with van der Waals surface area (Å²) in [5, 5.41) is 18.9. The van der Waals surface area contributed by atoms with Crippen molar-refractivity contribution in [1.29, 1.82) is 0 Å². The van der Waals surface area contributed by atoms with Crippen LogP contribution in [0.5, 0.6) is 0 Å². The molecule has 4 atom stereocenters. The third-order valence-electron chi connectivity index (χ3n) is 3.54. The molecule has 0 amide bonds. The van der Waals surface area contributed by atoms with Gasteiger partial charge in [-0.15, -0.1) is 0 Å². The third kappa shape index (κ3) is 3.33. The van der Waals surface area contributed by atoms with Crippen molar-refractivity contribution in [1.82, 2.24) is 9.55 Å². The summed E-state index contributed by atoms with van der Waals surface area (Å²) in [5.41, 5.74) is -0.957. The molecule has 1 aliphatic heterocycles. The summed E-state index contributed by atoms with van der Waals surface area (Å²) < 4.78 is 20.7. The van der Waals surface area contributed by atoms with Gasteiger partial charge in [-0.25, -0.2) is 19.5 Å². The van der Waals surface area contributed by atoms with E-state index in [0.717, 1.165) is 11.5 Å². The highest BCUT2D eigenvalue weighted by atomic mass is 19.1. The zero-order valence-corrected chi connectivity index (χ0v) is 12.6. The van der Waals surface area contributed by atoms with Crippen LogP contribution in [0.2, 0.25) is 0 Å². The maximum atomic E-state index is 14.6. The summed E-state index contributed by atoms with van der Waals surface area (Å²) in [6, 6.07) is 1.28. The zero-order valence-electron chi connectivity index (χ0n) is 12.6. The Kier molecular flexibility index (Phi) is 4.97. The predicted molar refractivity (Wildman–Crippen MR) is 75.0 cm³/mol. The number of hydrogen-bond acceptors (Lipinski definition) is 8. The monoisotopic (exact) mass is 331 g/mol. The van der Waals surface area contributed by atoms with Crippen LogP contribution in [0.4, 0.5) is 10.2 Å². The minimum Gasteiger partial charge on any atom is -0.394 e. The van der Waals surface area contributed by atoms with E-state index in [9.17, 15) is 19.1 Å². The number of alkyl halides is 1. The van der Waals surface area contributed by atoms with Crippen LogP contribution in [-0.4, -0.2) is 50.2 Å². The Morgan fingerprint density at radius 3 is 2.87 bits per heavy atom. The number of hydrogen-bond donors (Lipinski definition) is 3. The lowest BCUT2D eigenvalue weighted by Crippen LogP contribution is -2.42. The molecule has 1 fully saturated rings. The molecule has 23 heavy (non-hydrogen) atoms. The van der Waals surface area contributed by atoms with Gasteiger partial charge in [0.1, 0.15) is 12.2 Å². The van der Waals surface area contributed by atoms with Crippen molar-refractivity contribution in [2.75, 3.05) is 12.1 Å². The molecule has 128 valence electrons. The molecule has 10 heteroatoms. The summed E-state index contributed by atoms with van der Waals surface area (Å²) in [6.45, 7) is 2.07.